The molecule has 2 aromatic rings. The first kappa shape index (κ1) is 26.4. The summed E-state index contributed by atoms with van der Waals surface area (Å²) in [4.78, 5) is 15.0. The molecule has 0 saturated carbocycles. The van der Waals surface area contributed by atoms with Crippen molar-refractivity contribution in [2.45, 2.75) is 76.7 Å². The van der Waals surface area contributed by atoms with Crippen molar-refractivity contribution in [3.8, 4) is 0 Å². The van der Waals surface area contributed by atoms with Crippen LogP contribution in [0.1, 0.15) is 38.3 Å². The van der Waals surface area contributed by atoms with Crippen molar-refractivity contribution < 1.29 is 23.8 Å². The summed E-state index contributed by atoms with van der Waals surface area (Å²) in [6.07, 6.45) is -0.759. The maximum atomic E-state index is 13.4. The van der Waals surface area contributed by atoms with Gasteiger partial charge in [-0.25, -0.2) is 4.79 Å². The Hall–Kier alpha value is -2.19. The first-order chi connectivity index (χ1) is 16.1. The van der Waals surface area contributed by atoms with Crippen molar-refractivity contribution in [1.29, 1.82) is 0 Å². The van der Waals surface area contributed by atoms with Crippen LogP contribution in [0.2, 0.25) is 18.1 Å². The third kappa shape index (κ3) is 7.66. The van der Waals surface area contributed by atoms with Crippen molar-refractivity contribution in [2.24, 2.45) is 0 Å². The van der Waals surface area contributed by atoms with Crippen LogP contribution in [-0.2, 0) is 27.1 Å². The van der Waals surface area contributed by atoms with E-state index in [0.29, 0.717) is 19.6 Å². The van der Waals surface area contributed by atoms with Gasteiger partial charge < -0.3 is 19.0 Å². The fraction of sp³-hybridized carbons (Fsp3) is 0.519. The minimum atomic E-state index is -2.10. The van der Waals surface area contributed by atoms with E-state index >= 15 is 0 Å². The minimum Gasteiger partial charge on any atom is -0.445 e. The molecule has 1 N–H and O–H groups in total. The summed E-state index contributed by atoms with van der Waals surface area (Å²) >= 11 is 0. The van der Waals surface area contributed by atoms with Gasteiger partial charge >= 0.3 is 6.09 Å². The highest BCUT2D eigenvalue weighted by atomic mass is 28.4. The van der Waals surface area contributed by atoms with Crippen LogP contribution in [0.25, 0.3) is 0 Å². The van der Waals surface area contributed by atoms with Gasteiger partial charge in [0.2, 0.25) is 0 Å². The standard InChI is InChI=1S/C27H39NO5Si/c1-27(2,3)34(4,5)33-20-24(25(29)16-23-19-31-23)28(17-21-12-8-6-9-13-21)26(30)32-18-22-14-10-7-11-15-22/h6-15,23-25,29H,16-20H2,1-5H3/t23-,24+,25-/m0/s1. The largest absolute Gasteiger partial charge is 0.445 e. The van der Waals surface area contributed by atoms with E-state index in [1.54, 1.807) is 4.90 Å². The Morgan fingerprint density at radius 2 is 1.65 bits per heavy atom. The minimum absolute atomic E-state index is 0.0141. The predicted molar refractivity (Wildman–Crippen MR) is 136 cm³/mol. The smallest absolute Gasteiger partial charge is 0.410 e. The van der Waals surface area contributed by atoms with Crippen LogP contribution in [0.15, 0.2) is 60.7 Å². The number of rotatable bonds is 11. The van der Waals surface area contributed by atoms with Crippen LogP contribution < -0.4 is 0 Å². The van der Waals surface area contributed by atoms with E-state index in [4.69, 9.17) is 13.9 Å². The zero-order valence-corrected chi connectivity index (χ0v) is 22.1. The van der Waals surface area contributed by atoms with E-state index in [1.807, 2.05) is 60.7 Å². The molecule has 0 bridgehead atoms. The van der Waals surface area contributed by atoms with Crippen LogP contribution in [0, 0.1) is 0 Å². The molecule has 0 unspecified atom stereocenters. The number of nitrogens with zero attached hydrogens (tertiary/aromatic N) is 1. The quantitative estimate of drug-likeness (QED) is 0.342. The highest BCUT2D eigenvalue weighted by Crippen LogP contribution is 2.37. The number of ether oxygens (including phenoxy) is 2. The van der Waals surface area contributed by atoms with Gasteiger partial charge in [0.15, 0.2) is 8.32 Å². The fourth-order valence-electron chi connectivity index (χ4n) is 3.45. The second-order valence-electron chi connectivity index (χ2n) is 10.6. The molecular formula is C27H39NO5Si. The molecular weight excluding hydrogens is 446 g/mol. The second-order valence-corrected chi connectivity index (χ2v) is 15.4. The summed E-state index contributed by atoms with van der Waals surface area (Å²) in [5.74, 6) is 0. The lowest BCUT2D eigenvalue weighted by atomic mass is 10.0. The first-order valence-corrected chi connectivity index (χ1v) is 14.9. The van der Waals surface area contributed by atoms with Crippen molar-refractivity contribution in [2.75, 3.05) is 13.2 Å². The SMILES string of the molecule is CC(C)(C)[Si](C)(C)OC[C@H]([C@@H](O)C[C@H]1CO1)N(Cc1ccccc1)C(=O)OCc1ccccc1. The molecule has 1 saturated heterocycles. The lowest BCUT2D eigenvalue weighted by Gasteiger charge is -2.40. The van der Waals surface area contributed by atoms with Gasteiger partial charge in [-0.2, -0.15) is 0 Å². The van der Waals surface area contributed by atoms with E-state index in [2.05, 4.69) is 33.9 Å². The Balaban J connectivity index is 1.83. The molecule has 2 aromatic carbocycles. The summed E-state index contributed by atoms with van der Waals surface area (Å²) in [5, 5.41) is 11.2. The molecule has 1 heterocycles. The number of hydrogen-bond acceptors (Lipinski definition) is 5. The Morgan fingerprint density at radius 1 is 1.09 bits per heavy atom. The van der Waals surface area contributed by atoms with Crippen molar-refractivity contribution in [3.05, 3.63) is 71.8 Å². The number of amides is 1. The molecule has 7 heteroatoms. The zero-order valence-electron chi connectivity index (χ0n) is 21.1. The summed E-state index contributed by atoms with van der Waals surface area (Å²) in [6, 6.07) is 18.8. The maximum absolute atomic E-state index is 13.4. The number of benzene rings is 2. The molecule has 34 heavy (non-hydrogen) atoms. The van der Waals surface area contributed by atoms with E-state index in [-0.39, 0.29) is 24.4 Å². The van der Waals surface area contributed by atoms with Crippen molar-refractivity contribution in [1.82, 2.24) is 4.90 Å². The van der Waals surface area contributed by atoms with Gasteiger partial charge in [0.1, 0.15) is 6.61 Å². The molecule has 0 aliphatic carbocycles. The van der Waals surface area contributed by atoms with Gasteiger partial charge in [0, 0.05) is 13.0 Å². The van der Waals surface area contributed by atoms with E-state index in [1.165, 1.54) is 0 Å². The average Bonchev–Trinajstić information content (AvgIpc) is 3.61. The number of carbonyl (C=O) groups is 1. The van der Waals surface area contributed by atoms with Gasteiger partial charge in [-0.05, 0) is 29.3 Å². The number of carbonyl (C=O) groups excluding carboxylic acids is 1. The highest BCUT2D eigenvalue weighted by molar-refractivity contribution is 6.74. The van der Waals surface area contributed by atoms with Crippen LogP contribution in [-0.4, -0.2) is 55.9 Å². The van der Waals surface area contributed by atoms with Gasteiger partial charge in [-0.1, -0.05) is 81.4 Å². The molecule has 0 radical (unpaired) electrons. The second kappa shape index (κ2) is 11.5. The molecule has 1 amide bonds. The monoisotopic (exact) mass is 485 g/mol. The third-order valence-electron chi connectivity index (χ3n) is 6.81. The first-order valence-electron chi connectivity index (χ1n) is 12.0. The van der Waals surface area contributed by atoms with E-state index < -0.39 is 26.6 Å². The number of aliphatic hydroxyl groups is 1. The molecule has 0 aromatic heterocycles. The molecule has 1 aliphatic heterocycles. The fourth-order valence-corrected chi connectivity index (χ4v) is 4.47. The molecule has 186 valence electrons. The molecule has 0 spiro atoms. The van der Waals surface area contributed by atoms with Crippen LogP contribution >= 0.6 is 0 Å². The molecule has 1 fully saturated rings. The Morgan fingerprint density at radius 3 is 2.18 bits per heavy atom. The van der Waals surface area contributed by atoms with Crippen LogP contribution in [0.4, 0.5) is 4.79 Å². The highest BCUT2D eigenvalue weighted by Gasteiger charge is 2.41. The Labute approximate surface area is 205 Å². The summed E-state index contributed by atoms with van der Waals surface area (Å²) in [7, 11) is -2.10. The Bertz CT molecular complexity index is 896. The lowest BCUT2D eigenvalue weighted by molar-refractivity contribution is 0.000566. The Kier molecular flexibility index (Phi) is 8.93. The van der Waals surface area contributed by atoms with E-state index in [0.717, 1.165) is 11.1 Å². The zero-order chi connectivity index (χ0) is 24.8. The maximum Gasteiger partial charge on any atom is 0.410 e. The summed E-state index contributed by atoms with van der Waals surface area (Å²) < 4.78 is 17.6. The molecule has 3 rings (SSSR count). The van der Waals surface area contributed by atoms with Gasteiger partial charge in [-0.15, -0.1) is 0 Å². The number of aliphatic hydroxyl groups excluding tert-OH is 1. The average molecular weight is 486 g/mol. The van der Waals surface area contributed by atoms with Gasteiger partial charge in [-0.3, -0.25) is 4.90 Å². The summed E-state index contributed by atoms with van der Waals surface area (Å²) in [5.41, 5.74) is 1.88. The van der Waals surface area contributed by atoms with Crippen molar-refractivity contribution in [3.63, 3.8) is 0 Å². The van der Waals surface area contributed by atoms with Gasteiger partial charge in [0.25, 0.3) is 0 Å². The van der Waals surface area contributed by atoms with Crippen LogP contribution in [0.3, 0.4) is 0 Å². The lowest BCUT2D eigenvalue weighted by Crippen LogP contribution is -2.52. The van der Waals surface area contributed by atoms with Crippen LogP contribution in [0.5, 0.6) is 0 Å². The number of hydrogen-bond donors (Lipinski definition) is 1. The molecule has 1 aliphatic rings. The topological polar surface area (TPSA) is 71.5 Å². The number of epoxide rings is 1. The normalized spacial score (nSPS) is 17.6. The van der Waals surface area contributed by atoms with Crippen molar-refractivity contribution >= 4 is 14.4 Å². The predicted octanol–water partition coefficient (Wildman–Crippen LogP) is 5.37. The summed E-state index contributed by atoms with van der Waals surface area (Å²) in [6.45, 7) is 12.3. The third-order valence-corrected chi connectivity index (χ3v) is 11.3. The molecule has 3 atom stereocenters. The van der Waals surface area contributed by atoms with E-state index in [9.17, 15) is 9.90 Å². The molecule has 6 nitrogen and oxygen atoms in total. The van der Waals surface area contributed by atoms with Gasteiger partial charge in [0.05, 0.1) is 31.5 Å².